The number of nitrogens with zero attached hydrogens (tertiary/aromatic N) is 2. The van der Waals surface area contributed by atoms with E-state index in [9.17, 15) is 29.9 Å². The third-order valence-corrected chi connectivity index (χ3v) is 8.10. The largest absolute Gasteiger partial charge is 0.508 e. The fourth-order valence-corrected chi connectivity index (χ4v) is 6.32. The molecule has 200 valence electrons. The number of benzene rings is 3. The topological polar surface area (TPSA) is 139 Å². The predicted molar refractivity (Wildman–Crippen MR) is 138 cm³/mol. The lowest BCUT2D eigenvalue weighted by Gasteiger charge is -2.44. The van der Waals surface area contributed by atoms with E-state index in [-0.39, 0.29) is 36.6 Å². The van der Waals surface area contributed by atoms with Crippen LogP contribution < -0.4 is 9.64 Å². The molecule has 0 spiro atoms. The molecule has 1 aliphatic carbocycles. The highest BCUT2D eigenvalue weighted by molar-refractivity contribution is 6.22. The number of rotatable bonds is 6. The highest BCUT2D eigenvalue weighted by atomic mass is 16.6. The lowest BCUT2D eigenvalue weighted by molar-refractivity contribution is -0.384. The Kier molecular flexibility index (Phi) is 6.08. The average Bonchev–Trinajstić information content (AvgIpc) is 3.41. The summed E-state index contributed by atoms with van der Waals surface area (Å²) in [6.07, 6.45) is -0.252. The Labute approximate surface area is 223 Å². The molecule has 2 aliphatic heterocycles. The molecule has 10 nitrogen and oxygen atoms in total. The summed E-state index contributed by atoms with van der Waals surface area (Å²) in [5.74, 6) is -5.13. The summed E-state index contributed by atoms with van der Waals surface area (Å²) >= 11 is 0. The van der Waals surface area contributed by atoms with Gasteiger partial charge >= 0.3 is 0 Å². The quantitative estimate of drug-likeness (QED) is 0.277. The first-order valence-electron chi connectivity index (χ1n) is 12.8. The van der Waals surface area contributed by atoms with Gasteiger partial charge in [-0.3, -0.25) is 19.7 Å². The number of aromatic hydroxyl groups is 1. The maximum Gasteiger partial charge on any atom is 0.271 e. The summed E-state index contributed by atoms with van der Waals surface area (Å²) in [4.78, 5) is 39.2. The van der Waals surface area contributed by atoms with Crippen LogP contribution >= 0.6 is 0 Å². The minimum absolute atomic E-state index is 0.0452. The normalized spacial score (nSPS) is 29.7. The van der Waals surface area contributed by atoms with Gasteiger partial charge in [0.2, 0.25) is 11.8 Å². The maximum atomic E-state index is 13.8. The number of nitro benzene ring substituents is 1. The molecule has 2 saturated heterocycles. The van der Waals surface area contributed by atoms with Gasteiger partial charge in [0.15, 0.2) is 5.79 Å². The Hall–Kier alpha value is -4.28. The van der Waals surface area contributed by atoms with Crippen LogP contribution in [0.5, 0.6) is 11.5 Å². The minimum atomic E-state index is -1.78. The Bertz CT molecular complexity index is 1450. The molecule has 39 heavy (non-hydrogen) atoms. The van der Waals surface area contributed by atoms with Gasteiger partial charge < -0.3 is 19.7 Å². The number of hydrogen-bond acceptors (Lipinski definition) is 8. The first kappa shape index (κ1) is 25.0. The van der Waals surface area contributed by atoms with Crippen LogP contribution in [0, 0.1) is 33.8 Å². The van der Waals surface area contributed by atoms with Crippen molar-refractivity contribution in [3.63, 3.8) is 0 Å². The molecule has 0 unspecified atom stereocenters. The lowest BCUT2D eigenvalue weighted by Crippen LogP contribution is -2.55. The molecule has 1 saturated carbocycles. The molecule has 10 heteroatoms. The van der Waals surface area contributed by atoms with E-state index in [4.69, 9.17) is 9.47 Å². The number of anilines is 1. The van der Waals surface area contributed by atoms with E-state index in [0.717, 1.165) is 4.90 Å². The van der Waals surface area contributed by atoms with Crippen molar-refractivity contribution in [3.05, 3.63) is 94.5 Å². The van der Waals surface area contributed by atoms with E-state index in [2.05, 4.69) is 0 Å². The number of carbonyl (C=O) groups excluding carboxylic acids is 2. The number of imide groups is 1. The van der Waals surface area contributed by atoms with Gasteiger partial charge in [-0.2, -0.15) is 0 Å². The van der Waals surface area contributed by atoms with Gasteiger partial charge in [0.1, 0.15) is 11.5 Å². The van der Waals surface area contributed by atoms with E-state index >= 15 is 0 Å². The SMILES string of the molecule is O=C1[C@H]2[C@H](C[C@H](COc3ccccc3)[C@@]3(O)O[C@H](c4cccc(O)c4)C[C@@H]23)C(=O)N1c1cccc([N+](=O)[O-])c1. The first-order valence-corrected chi connectivity index (χ1v) is 12.8. The van der Waals surface area contributed by atoms with E-state index in [1.165, 1.54) is 30.3 Å². The molecule has 0 radical (unpaired) electrons. The monoisotopic (exact) mass is 530 g/mol. The first-order chi connectivity index (χ1) is 18.8. The van der Waals surface area contributed by atoms with Crippen LogP contribution in [0.4, 0.5) is 11.4 Å². The van der Waals surface area contributed by atoms with Crippen molar-refractivity contribution in [1.29, 1.82) is 0 Å². The van der Waals surface area contributed by atoms with Crippen molar-refractivity contribution in [2.45, 2.75) is 24.7 Å². The standard InChI is InChI=1S/C29H26N2O8/c32-21-9-4-6-17(12-21)25-15-24-26-23(13-18(29(24,35)39-25)16-38-22-10-2-1-3-11-22)27(33)30(28(26)34)19-7-5-8-20(14-19)31(36)37/h1-12,14,18,23-26,32,35H,13,15-16H2/t18-,23+,24+,25+,26+,29-/m1/s1. The molecular formula is C29H26N2O8. The Morgan fingerprint density at radius 1 is 1.00 bits per heavy atom. The molecule has 3 aromatic carbocycles. The summed E-state index contributed by atoms with van der Waals surface area (Å²) in [7, 11) is 0. The van der Waals surface area contributed by atoms with E-state index in [1.807, 2.05) is 18.2 Å². The number of ether oxygens (including phenoxy) is 2. The van der Waals surface area contributed by atoms with Crippen LogP contribution in [0.2, 0.25) is 0 Å². The van der Waals surface area contributed by atoms with E-state index < -0.39 is 52.3 Å². The van der Waals surface area contributed by atoms with Crippen molar-refractivity contribution in [1.82, 2.24) is 0 Å². The third kappa shape index (κ3) is 4.21. The second-order valence-corrected chi connectivity index (χ2v) is 10.3. The van der Waals surface area contributed by atoms with Crippen LogP contribution in [0.3, 0.4) is 0 Å². The molecular weight excluding hydrogens is 504 g/mol. The zero-order valence-corrected chi connectivity index (χ0v) is 20.8. The number of fused-ring (bicyclic) bond motifs is 3. The van der Waals surface area contributed by atoms with Crippen LogP contribution in [0.25, 0.3) is 0 Å². The van der Waals surface area contributed by atoms with Gasteiger partial charge in [-0.05, 0) is 48.7 Å². The molecule has 2 N–H and O–H groups in total. The second-order valence-electron chi connectivity index (χ2n) is 10.3. The number of nitro groups is 1. The van der Waals surface area contributed by atoms with Gasteiger partial charge in [-0.15, -0.1) is 0 Å². The van der Waals surface area contributed by atoms with Gasteiger partial charge in [0, 0.05) is 24.0 Å². The number of phenols is 1. The Morgan fingerprint density at radius 2 is 1.77 bits per heavy atom. The minimum Gasteiger partial charge on any atom is -0.508 e. The molecule has 2 heterocycles. The predicted octanol–water partition coefficient (Wildman–Crippen LogP) is 3.97. The summed E-state index contributed by atoms with van der Waals surface area (Å²) < 4.78 is 12.2. The van der Waals surface area contributed by atoms with E-state index in [0.29, 0.717) is 11.3 Å². The highest BCUT2D eigenvalue weighted by Crippen LogP contribution is 2.58. The molecule has 3 fully saturated rings. The zero-order valence-electron chi connectivity index (χ0n) is 20.8. The lowest BCUT2D eigenvalue weighted by atomic mass is 9.64. The van der Waals surface area contributed by atoms with Crippen molar-refractivity contribution >= 4 is 23.2 Å². The molecule has 3 aliphatic rings. The molecule has 3 aromatic rings. The Balaban J connectivity index is 1.36. The van der Waals surface area contributed by atoms with Crippen LogP contribution in [0.1, 0.15) is 24.5 Å². The number of aliphatic hydroxyl groups is 1. The zero-order chi connectivity index (χ0) is 27.3. The molecule has 2 amide bonds. The van der Waals surface area contributed by atoms with Crippen LogP contribution in [-0.2, 0) is 14.3 Å². The Morgan fingerprint density at radius 3 is 2.51 bits per heavy atom. The van der Waals surface area contributed by atoms with Crippen molar-refractivity contribution in [2.75, 3.05) is 11.5 Å². The smallest absolute Gasteiger partial charge is 0.271 e. The molecule has 6 rings (SSSR count). The fourth-order valence-electron chi connectivity index (χ4n) is 6.32. The molecule has 6 atom stereocenters. The number of non-ortho nitro benzene ring substituents is 1. The molecule has 0 aromatic heterocycles. The van der Waals surface area contributed by atoms with Gasteiger partial charge in [-0.25, -0.2) is 4.90 Å². The summed E-state index contributed by atoms with van der Waals surface area (Å²) in [5.41, 5.74) is 0.531. The number of para-hydroxylation sites is 1. The second kappa shape index (κ2) is 9.48. The summed E-state index contributed by atoms with van der Waals surface area (Å²) in [6.45, 7) is 0.0469. The number of phenolic OH excluding ortho intramolecular Hbond substituents is 1. The van der Waals surface area contributed by atoms with Gasteiger partial charge in [0.25, 0.3) is 5.69 Å². The summed E-state index contributed by atoms with van der Waals surface area (Å²) in [5, 5.41) is 33.4. The average molecular weight is 531 g/mol. The van der Waals surface area contributed by atoms with Crippen LogP contribution in [0.15, 0.2) is 78.9 Å². The van der Waals surface area contributed by atoms with Crippen molar-refractivity contribution in [3.8, 4) is 11.5 Å². The third-order valence-electron chi connectivity index (χ3n) is 8.10. The van der Waals surface area contributed by atoms with Crippen LogP contribution in [-0.4, -0.2) is 39.3 Å². The summed E-state index contributed by atoms with van der Waals surface area (Å²) in [6, 6.07) is 21.0. The van der Waals surface area contributed by atoms with Gasteiger partial charge in [-0.1, -0.05) is 36.4 Å². The number of hydrogen-bond donors (Lipinski definition) is 2. The number of amides is 2. The van der Waals surface area contributed by atoms with Crippen molar-refractivity contribution < 1.29 is 34.2 Å². The fraction of sp³-hybridized carbons (Fsp3) is 0.310. The van der Waals surface area contributed by atoms with Crippen molar-refractivity contribution in [2.24, 2.45) is 23.7 Å². The molecule has 0 bridgehead atoms. The van der Waals surface area contributed by atoms with Gasteiger partial charge in [0.05, 0.1) is 35.2 Å². The number of carbonyl (C=O) groups is 2. The maximum absolute atomic E-state index is 13.8. The van der Waals surface area contributed by atoms with E-state index in [1.54, 1.807) is 30.3 Å². The highest BCUT2D eigenvalue weighted by Gasteiger charge is 2.67.